The number of likely N-dealkylation sites (tertiary alicyclic amines) is 1. The van der Waals surface area contributed by atoms with Crippen molar-refractivity contribution in [3.8, 4) is 38.7 Å². The van der Waals surface area contributed by atoms with E-state index in [-0.39, 0.29) is 48.5 Å². The van der Waals surface area contributed by atoms with Gasteiger partial charge in [0.25, 0.3) is 0 Å². The Morgan fingerprint density at radius 3 is 2.31 bits per heavy atom. The average molecular weight is 895 g/mol. The van der Waals surface area contributed by atoms with Crippen molar-refractivity contribution in [1.29, 1.82) is 0 Å². The van der Waals surface area contributed by atoms with Crippen LogP contribution in [0, 0.1) is 12.8 Å². The summed E-state index contributed by atoms with van der Waals surface area (Å²) in [6.07, 6.45) is 4.57. The van der Waals surface area contributed by atoms with Crippen LogP contribution in [0.2, 0.25) is 0 Å². The first-order chi connectivity index (χ1) is 31.3. The molecule has 2 aliphatic heterocycles. The Balaban J connectivity index is 0.843. The summed E-state index contributed by atoms with van der Waals surface area (Å²) in [5, 5.41) is 37.7. The number of phenolic OH excluding ortho intramolecular Hbond substituents is 1. The highest BCUT2D eigenvalue weighted by Gasteiger charge is 2.43. The normalized spacial score (nSPS) is 17.9. The van der Waals surface area contributed by atoms with E-state index in [1.165, 1.54) is 10.6 Å². The summed E-state index contributed by atoms with van der Waals surface area (Å²) in [6, 6.07) is 20.2. The van der Waals surface area contributed by atoms with Gasteiger partial charge in [0, 0.05) is 73.3 Å². The zero-order valence-corrected chi connectivity index (χ0v) is 38.2. The standard InChI is InChI=1S/C49H54N10O5S/c1-27(2)45(48(63)58-25-35(60)19-42(58)47(62)53-29(5)31-11-13-33(14-12-31)46-30(6)52-26-65-46)44-22-37(56-64-44)34-23-50-49(51-24-34)57-17-15-32(16-18-57)40-21-39-41(59(40)28(3)4)20-38(54-55-39)36-9-7-8-10-43(36)61/h7-14,20-24,26-29,32,35,42,45,60-61H,15-19,25H2,1-6H3,(H,53,62)/t29-,35+,42-,45+/m0/s1. The number of anilines is 1. The number of aromatic nitrogens is 7. The molecule has 336 valence electrons. The zero-order valence-electron chi connectivity index (χ0n) is 37.4. The van der Waals surface area contributed by atoms with Crippen LogP contribution in [-0.4, -0.2) is 93.6 Å². The Hall–Kier alpha value is -6.52. The molecule has 2 saturated heterocycles. The van der Waals surface area contributed by atoms with Crippen LogP contribution < -0.4 is 10.2 Å². The smallest absolute Gasteiger partial charge is 0.243 e. The third-order valence-corrected chi connectivity index (χ3v) is 13.8. The van der Waals surface area contributed by atoms with Crippen LogP contribution in [0.15, 0.2) is 89.2 Å². The van der Waals surface area contributed by atoms with Gasteiger partial charge in [0.15, 0.2) is 0 Å². The molecule has 7 heterocycles. The Morgan fingerprint density at radius 1 is 0.892 bits per heavy atom. The molecule has 7 aromatic rings. The summed E-state index contributed by atoms with van der Waals surface area (Å²) in [7, 11) is 0. The van der Waals surface area contributed by atoms with Crippen molar-refractivity contribution in [3.63, 3.8) is 0 Å². The molecule has 16 heteroatoms. The van der Waals surface area contributed by atoms with Crippen molar-refractivity contribution >= 4 is 40.1 Å². The molecule has 2 aliphatic rings. The third kappa shape index (κ3) is 8.72. The molecule has 4 atom stereocenters. The molecule has 9 rings (SSSR count). The number of nitrogens with zero attached hydrogens (tertiary/aromatic N) is 9. The number of rotatable bonds is 12. The van der Waals surface area contributed by atoms with Gasteiger partial charge in [-0.3, -0.25) is 9.59 Å². The van der Waals surface area contributed by atoms with E-state index in [0.29, 0.717) is 40.1 Å². The first-order valence-corrected chi connectivity index (χ1v) is 23.2. The largest absolute Gasteiger partial charge is 0.507 e. The molecular weight excluding hydrogens is 841 g/mol. The zero-order chi connectivity index (χ0) is 45.5. The van der Waals surface area contributed by atoms with E-state index < -0.39 is 18.1 Å². The van der Waals surface area contributed by atoms with E-state index in [9.17, 15) is 19.8 Å². The van der Waals surface area contributed by atoms with Crippen LogP contribution >= 0.6 is 11.3 Å². The summed E-state index contributed by atoms with van der Waals surface area (Å²) < 4.78 is 8.19. The number of phenols is 1. The Morgan fingerprint density at radius 2 is 1.63 bits per heavy atom. The summed E-state index contributed by atoms with van der Waals surface area (Å²) in [5.41, 5.74) is 10.3. The number of nitrogens with one attached hydrogen (secondary N) is 1. The highest BCUT2D eigenvalue weighted by atomic mass is 32.1. The summed E-state index contributed by atoms with van der Waals surface area (Å²) in [6.45, 7) is 13.7. The number of carbonyl (C=O) groups excluding carboxylic acids is 2. The maximum Gasteiger partial charge on any atom is 0.243 e. The van der Waals surface area contributed by atoms with Crippen LogP contribution in [0.25, 0.3) is 44.0 Å². The predicted molar refractivity (Wildman–Crippen MR) is 249 cm³/mol. The number of piperidine rings is 1. The van der Waals surface area contributed by atoms with E-state index in [4.69, 9.17) is 14.5 Å². The quantitative estimate of drug-likeness (QED) is 0.107. The summed E-state index contributed by atoms with van der Waals surface area (Å²) >= 11 is 1.59. The molecule has 0 spiro atoms. The summed E-state index contributed by atoms with van der Waals surface area (Å²) in [4.78, 5) is 46.7. The SMILES string of the molecule is Cc1ncsc1-c1ccc([C@H](C)NC(=O)[C@@H]2C[C@@H](O)CN2C(=O)[C@@H](c2cc(-c3cnc(N4CCC(c5cc6nnc(-c7ccccc7O)cc6n5C(C)C)CC4)nc3)no2)C(C)C)cc1. The fourth-order valence-corrected chi connectivity index (χ4v) is 10.2. The molecule has 15 nitrogen and oxygen atoms in total. The van der Waals surface area contributed by atoms with Gasteiger partial charge in [-0.1, -0.05) is 55.4 Å². The van der Waals surface area contributed by atoms with Crippen LogP contribution in [-0.2, 0) is 9.59 Å². The molecule has 2 amide bonds. The molecule has 5 aromatic heterocycles. The number of fused-ring (bicyclic) bond motifs is 1. The van der Waals surface area contributed by atoms with Crippen LogP contribution in [0.3, 0.4) is 0 Å². The molecule has 0 unspecified atom stereocenters. The number of β-amino-alcohol motifs (C(OH)–C–C–N with tert-alkyl or cyclic N) is 1. The number of hydrogen-bond acceptors (Lipinski definition) is 13. The number of para-hydroxylation sites is 1. The fourth-order valence-electron chi connectivity index (χ4n) is 9.43. The number of hydrogen-bond donors (Lipinski definition) is 3. The fraction of sp³-hybridized carbons (Fsp3) is 0.388. The van der Waals surface area contributed by atoms with Gasteiger partial charge in [-0.2, -0.15) is 0 Å². The maximum atomic E-state index is 14.3. The van der Waals surface area contributed by atoms with Gasteiger partial charge >= 0.3 is 0 Å². The van der Waals surface area contributed by atoms with Crippen molar-refractivity contribution in [2.75, 3.05) is 24.5 Å². The molecule has 0 saturated carbocycles. The van der Waals surface area contributed by atoms with Crippen LogP contribution in [0.1, 0.15) is 101 Å². The van der Waals surface area contributed by atoms with Gasteiger partial charge in [0.1, 0.15) is 34.7 Å². The monoisotopic (exact) mass is 894 g/mol. The highest BCUT2D eigenvalue weighted by Crippen LogP contribution is 2.38. The second kappa shape index (κ2) is 18.2. The van der Waals surface area contributed by atoms with Gasteiger partial charge in [0.05, 0.1) is 39.4 Å². The Labute approximate surface area is 381 Å². The third-order valence-electron chi connectivity index (χ3n) is 12.9. The number of aliphatic hydroxyl groups excluding tert-OH is 1. The minimum atomic E-state index is -0.840. The molecule has 3 N–H and O–H groups in total. The molecule has 65 heavy (non-hydrogen) atoms. The van der Waals surface area contributed by atoms with Gasteiger partial charge in [0.2, 0.25) is 17.8 Å². The first kappa shape index (κ1) is 43.7. The van der Waals surface area contributed by atoms with Crippen LogP contribution in [0.5, 0.6) is 5.75 Å². The Kier molecular flexibility index (Phi) is 12.2. The molecular formula is C49H54N10O5S. The van der Waals surface area contributed by atoms with Gasteiger partial charge in [-0.05, 0) is 81.8 Å². The number of aliphatic hydroxyl groups is 1. The van der Waals surface area contributed by atoms with E-state index in [1.54, 1.807) is 41.9 Å². The van der Waals surface area contributed by atoms with Crippen molar-refractivity contribution in [1.82, 2.24) is 45.1 Å². The topological polar surface area (TPSA) is 189 Å². The van der Waals surface area contributed by atoms with E-state index in [2.05, 4.69) is 55.0 Å². The number of aromatic hydroxyl groups is 1. The second-order valence-electron chi connectivity index (χ2n) is 17.9. The maximum absolute atomic E-state index is 14.3. The molecule has 0 aliphatic carbocycles. The molecule has 2 fully saturated rings. The molecule has 2 aromatic carbocycles. The predicted octanol–water partition coefficient (Wildman–Crippen LogP) is 8.22. The molecule has 0 bridgehead atoms. The lowest BCUT2D eigenvalue weighted by molar-refractivity contribution is -0.141. The first-order valence-electron chi connectivity index (χ1n) is 22.3. The van der Waals surface area contributed by atoms with Gasteiger partial charge in [-0.15, -0.1) is 21.5 Å². The Bertz CT molecular complexity index is 2810. The van der Waals surface area contributed by atoms with Crippen molar-refractivity contribution < 1.29 is 24.3 Å². The lowest BCUT2D eigenvalue weighted by Gasteiger charge is -2.33. The van der Waals surface area contributed by atoms with Crippen molar-refractivity contribution in [3.05, 3.63) is 107 Å². The lowest BCUT2D eigenvalue weighted by Crippen LogP contribution is -2.48. The number of aryl methyl sites for hydroxylation is 1. The van der Waals surface area contributed by atoms with E-state index >= 15 is 0 Å². The minimum absolute atomic E-state index is 0.0442. The number of benzene rings is 2. The lowest BCUT2D eigenvalue weighted by atomic mass is 9.91. The summed E-state index contributed by atoms with van der Waals surface area (Å²) in [5.74, 6) is -0.0697. The number of thiazole rings is 1. The number of carbonyl (C=O) groups is 2. The van der Waals surface area contributed by atoms with Gasteiger partial charge < -0.3 is 34.4 Å². The van der Waals surface area contributed by atoms with E-state index in [0.717, 1.165) is 58.7 Å². The van der Waals surface area contributed by atoms with Crippen LogP contribution in [0.4, 0.5) is 5.95 Å². The highest BCUT2D eigenvalue weighted by molar-refractivity contribution is 7.13. The molecule has 0 radical (unpaired) electrons. The van der Waals surface area contributed by atoms with Crippen molar-refractivity contribution in [2.45, 2.75) is 96.9 Å². The van der Waals surface area contributed by atoms with Crippen molar-refractivity contribution in [2.24, 2.45) is 5.92 Å². The second-order valence-corrected chi connectivity index (χ2v) is 18.8. The number of amides is 2. The average Bonchev–Trinajstić information content (AvgIpc) is 4.13. The van der Waals surface area contributed by atoms with Gasteiger partial charge in [-0.25, -0.2) is 15.0 Å². The van der Waals surface area contributed by atoms with E-state index in [1.807, 2.05) is 75.7 Å². The minimum Gasteiger partial charge on any atom is -0.507 e.